The highest BCUT2D eigenvalue weighted by Crippen LogP contribution is 2.34. The minimum absolute atomic E-state index is 0.0363. The zero-order valence-corrected chi connectivity index (χ0v) is 13.9. The molecule has 4 rings (SSSR count). The summed E-state index contributed by atoms with van der Waals surface area (Å²) in [6.45, 7) is 5.21. The number of carbonyl (C=O) groups excluding carboxylic acids is 1. The third-order valence-corrected chi connectivity index (χ3v) is 4.10. The number of nitrogens with one attached hydrogen (secondary N) is 1. The lowest BCUT2D eigenvalue weighted by Gasteiger charge is -2.27. The molecule has 0 aliphatic carbocycles. The van der Waals surface area contributed by atoms with Crippen LogP contribution in [-0.2, 0) is 4.79 Å². The van der Waals surface area contributed by atoms with Gasteiger partial charge in [-0.05, 0) is 19.9 Å². The number of hydrogen-bond acceptors (Lipinski definition) is 7. The Morgan fingerprint density at radius 2 is 2.16 bits per heavy atom. The lowest BCUT2D eigenvalue weighted by Crippen LogP contribution is -2.48. The van der Waals surface area contributed by atoms with Gasteiger partial charge in [0.15, 0.2) is 5.76 Å². The van der Waals surface area contributed by atoms with Crippen LogP contribution in [-0.4, -0.2) is 40.7 Å². The van der Waals surface area contributed by atoms with Crippen molar-refractivity contribution in [2.75, 3.05) is 24.5 Å². The van der Waals surface area contributed by atoms with E-state index in [0.29, 0.717) is 30.5 Å². The van der Waals surface area contributed by atoms with Crippen molar-refractivity contribution in [2.24, 2.45) is 0 Å². The van der Waals surface area contributed by atoms with Crippen molar-refractivity contribution < 1.29 is 13.7 Å². The van der Waals surface area contributed by atoms with Crippen LogP contribution in [0, 0.1) is 13.8 Å². The van der Waals surface area contributed by atoms with Gasteiger partial charge in [-0.25, -0.2) is 9.97 Å². The van der Waals surface area contributed by atoms with E-state index in [0.717, 1.165) is 22.6 Å². The molecule has 1 amide bonds. The summed E-state index contributed by atoms with van der Waals surface area (Å²) in [5.74, 6) is 1.81. The van der Waals surface area contributed by atoms with Gasteiger partial charge in [-0.2, -0.15) is 0 Å². The van der Waals surface area contributed by atoms with E-state index in [9.17, 15) is 4.79 Å². The third-order valence-electron chi connectivity index (χ3n) is 4.10. The second-order valence-electron chi connectivity index (χ2n) is 5.93. The molecule has 8 nitrogen and oxygen atoms in total. The standard InChI is InChI=1S/C17H17N5O3/c1-10-7-14(25-21-10)13-8-19-17(22-5-4-18-15(23)9-22)20-16(13)12-3-6-24-11(12)2/h3,6-8H,4-5,9H2,1-2H3,(H,18,23). The zero-order valence-electron chi connectivity index (χ0n) is 13.9. The summed E-state index contributed by atoms with van der Waals surface area (Å²) < 4.78 is 10.8. The first-order valence-electron chi connectivity index (χ1n) is 7.98. The van der Waals surface area contributed by atoms with Crippen LogP contribution in [0.15, 0.2) is 33.5 Å². The number of piperazine rings is 1. The van der Waals surface area contributed by atoms with E-state index in [2.05, 4.69) is 15.5 Å². The molecule has 128 valence electrons. The molecule has 8 heteroatoms. The highest BCUT2D eigenvalue weighted by Gasteiger charge is 2.23. The fourth-order valence-electron chi connectivity index (χ4n) is 2.84. The van der Waals surface area contributed by atoms with Crippen molar-refractivity contribution in [1.29, 1.82) is 0 Å². The normalized spacial score (nSPS) is 14.6. The summed E-state index contributed by atoms with van der Waals surface area (Å²) in [5, 5.41) is 6.74. The van der Waals surface area contributed by atoms with Crippen LogP contribution in [0.25, 0.3) is 22.6 Å². The first kappa shape index (κ1) is 15.4. The van der Waals surface area contributed by atoms with Crippen molar-refractivity contribution >= 4 is 11.9 Å². The van der Waals surface area contributed by atoms with Crippen LogP contribution in [0.2, 0.25) is 0 Å². The molecule has 0 atom stereocenters. The van der Waals surface area contributed by atoms with Crippen molar-refractivity contribution in [2.45, 2.75) is 13.8 Å². The summed E-state index contributed by atoms with van der Waals surface area (Å²) in [6.07, 6.45) is 3.33. The SMILES string of the molecule is Cc1cc(-c2cnc(N3CCNC(=O)C3)nc2-c2ccoc2C)on1. The lowest BCUT2D eigenvalue weighted by atomic mass is 10.1. The maximum Gasteiger partial charge on any atom is 0.239 e. The molecule has 1 N–H and O–H groups in total. The van der Waals surface area contributed by atoms with Gasteiger partial charge < -0.3 is 19.2 Å². The molecule has 0 unspecified atom stereocenters. The van der Waals surface area contributed by atoms with Crippen molar-refractivity contribution in [3.63, 3.8) is 0 Å². The molecule has 1 fully saturated rings. The summed E-state index contributed by atoms with van der Waals surface area (Å²) in [5.41, 5.74) is 3.06. The van der Waals surface area contributed by atoms with Gasteiger partial charge in [-0.3, -0.25) is 4.79 Å². The van der Waals surface area contributed by atoms with E-state index in [-0.39, 0.29) is 12.5 Å². The molecule has 0 radical (unpaired) electrons. The predicted molar refractivity (Wildman–Crippen MR) is 89.9 cm³/mol. The maximum absolute atomic E-state index is 11.7. The van der Waals surface area contributed by atoms with Gasteiger partial charge in [-0.1, -0.05) is 5.16 Å². The Bertz CT molecular complexity index is 930. The van der Waals surface area contributed by atoms with Crippen LogP contribution < -0.4 is 10.2 Å². The van der Waals surface area contributed by atoms with Crippen LogP contribution in [0.3, 0.4) is 0 Å². The van der Waals surface area contributed by atoms with Crippen LogP contribution in [0.5, 0.6) is 0 Å². The quantitative estimate of drug-likeness (QED) is 0.779. The van der Waals surface area contributed by atoms with Crippen LogP contribution in [0.1, 0.15) is 11.5 Å². The first-order valence-corrected chi connectivity index (χ1v) is 7.98. The van der Waals surface area contributed by atoms with Gasteiger partial charge in [0.05, 0.1) is 29.8 Å². The Morgan fingerprint density at radius 1 is 1.28 bits per heavy atom. The van der Waals surface area contributed by atoms with Gasteiger partial charge in [0.2, 0.25) is 11.9 Å². The second kappa shape index (κ2) is 6.04. The topological polar surface area (TPSA) is 97.3 Å². The fourth-order valence-corrected chi connectivity index (χ4v) is 2.84. The highest BCUT2D eigenvalue weighted by atomic mass is 16.5. The van der Waals surface area contributed by atoms with Crippen molar-refractivity contribution in [3.05, 3.63) is 36.0 Å². The molecule has 4 heterocycles. The van der Waals surface area contributed by atoms with E-state index < -0.39 is 0 Å². The summed E-state index contributed by atoms with van der Waals surface area (Å²) >= 11 is 0. The number of rotatable bonds is 3. The molecule has 0 spiro atoms. The van der Waals surface area contributed by atoms with Gasteiger partial charge in [0.25, 0.3) is 0 Å². The average Bonchev–Trinajstić information content (AvgIpc) is 3.22. The van der Waals surface area contributed by atoms with Gasteiger partial charge in [0, 0.05) is 30.9 Å². The molecule has 0 bridgehead atoms. The molecule has 25 heavy (non-hydrogen) atoms. The average molecular weight is 339 g/mol. The van der Waals surface area contributed by atoms with Gasteiger partial charge >= 0.3 is 0 Å². The second-order valence-corrected chi connectivity index (χ2v) is 5.93. The van der Waals surface area contributed by atoms with Crippen molar-refractivity contribution in [1.82, 2.24) is 20.4 Å². The molecule has 3 aromatic rings. The van der Waals surface area contributed by atoms with E-state index in [4.69, 9.17) is 13.9 Å². The van der Waals surface area contributed by atoms with Crippen molar-refractivity contribution in [3.8, 4) is 22.6 Å². The Morgan fingerprint density at radius 3 is 2.84 bits per heavy atom. The smallest absolute Gasteiger partial charge is 0.239 e. The largest absolute Gasteiger partial charge is 0.469 e. The minimum atomic E-state index is -0.0363. The van der Waals surface area contributed by atoms with E-state index in [1.807, 2.05) is 30.9 Å². The molecular weight excluding hydrogens is 322 g/mol. The molecule has 1 aliphatic heterocycles. The molecule has 0 saturated carbocycles. The van der Waals surface area contributed by atoms with E-state index in [1.54, 1.807) is 12.5 Å². The predicted octanol–water partition coefficient (Wildman–Crippen LogP) is 1.94. The summed E-state index contributed by atoms with van der Waals surface area (Å²) in [4.78, 5) is 22.7. The highest BCUT2D eigenvalue weighted by molar-refractivity contribution is 5.83. The molecular formula is C17H17N5O3. The van der Waals surface area contributed by atoms with Crippen LogP contribution in [0.4, 0.5) is 5.95 Å². The minimum Gasteiger partial charge on any atom is -0.469 e. The number of aryl methyl sites for hydroxylation is 2. The number of aromatic nitrogens is 3. The van der Waals surface area contributed by atoms with E-state index >= 15 is 0 Å². The van der Waals surface area contributed by atoms with Gasteiger partial charge in [-0.15, -0.1) is 0 Å². The number of furan rings is 1. The van der Waals surface area contributed by atoms with Gasteiger partial charge in [0.1, 0.15) is 5.76 Å². The molecule has 1 aliphatic rings. The Hall–Kier alpha value is -3.16. The number of anilines is 1. The van der Waals surface area contributed by atoms with E-state index in [1.165, 1.54) is 0 Å². The molecule has 3 aromatic heterocycles. The fraction of sp³-hybridized carbons (Fsp3) is 0.294. The summed E-state index contributed by atoms with van der Waals surface area (Å²) in [6, 6.07) is 3.70. The monoisotopic (exact) mass is 339 g/mol. The number of hydrogen-bond donors (Lipinski definition) is 1. The molecule has 0 aromatic carbocycles. The number of nitrogens with zero attached hydrogens (tertiary/aromatic N) is 4. The zero-order chi connectivity index (χ0) is 17.4. The number of carbonyl (C=O) groups is 1. The summed E-state index contributed by atoms with van der Waals surface area (Å²) in [7, 11) is 0. The number of amides is 1. The van der Waals surface area contributed by atoms with Crippen LogP contribution >= 0.6 is 0 Å². The Kier molecular flexibility index (Phi) is 3.72. The Balaban J connectivity index is 1.82. The maximum atomic E-state index is 11.7. The Labute approximate surface area is 143 Å². The lowest BCUT2D eigenvalue weighted by molar-refractivity contribution is -0.120. The molecule has 1 saturated heterocycles. The first-order chi connectivity index (χ1) is 12.1. The third kappa shape index (κ3) is 2.86.